The van der Waals surface area contributed by atoms with Gasteiger partial charge in [-0.1, -0.05) is 11.8 Å². The Hall–Kier alpha value is -2.27. The zero-order valence-corrected chi connectivity index (χ0v) is 16.5. The third kappa shape index (κ3) is 4.47. The number of nitrogens with zero attached hydrogens (tertiary/aromatic N) is 2. The highest BCUT2D eigenvalue weighted by Crippen LogP contribution is 2.44. The number of nitrogens with one attached hydrogen (secondary N) is 1. The molecule has 2 rings (SSSR count). The lowest BCUT2D eigenvalue weighted by Gasteiger charge is -2.14. The Bertz CT molecular complexity index is 783. The molecule has 140 valence electrons. The number of carbonyl (C=O) groups excluding carboxylic acids is 1. The summed E-state index contributed by atoms with van der Waals surface area (Å²) in [5, 5.41) is 18.6. The third-order valence-corrected chi connectivity index (χ3v) is 5.17. The molecule has 26 heavy (non-hydrogen) atoms. The normalized spacial score (nSPS) is 18.2. The largest absolute Gasteiger partial charge is 0.493 e. The summed E-state index contributed by atoms with van der Waals surface area (Å²) in [7, 11) is 4.50. The second kappa shape index (κ2) is 8.90. The Kier molecular flexibility index (Phi) is 6.86. The van der Waals surface area contributed by atoms with Crippen LogP contribution in [0.25, 0.3) is 0 Å². The predicted molar refractivity (Wildman–Crippen MR) is 101 cm³/mol. The number of carboxylic acid groups (broad SMARTS) is 1. The Morgan fingerprint density at radius 2 is 2.04 bits per heavy atom. The van der Waals surface area contributed by atoms with Crippen molar-refractivity contribution in [3.05, 3.63) is 16.1 Å². The molecule has 1 atom stereocenters. The Balaban J connectivity index is 2.23. The molecule has 9 nitrogen and oxygen atoms in total. The van der Waals surface area contributed by atoms with Gasteiger partial charge in [-0.3, -0.25) is 9.59 Å². The fraction of sp³-hybridized carbons (Fsp3) is 0.333. The first-order valence-corrected chi connectivity index (χ1v) is 8.87. The third-order valence-electron chi connectivity index (χ3n) is 3.28. The van der Waals surface area contributed by atoms with Crippen LogP contribution in [0.4, 0.5) is 0 Å². The van der Waals surface area contributed by atoms with Gasteiger partial charge in [0.25, 0.3) is 0 Å². The molecular formula is C15H16BrN3O6S. The average molecular weight is 446 g/mol. The van der Waals surface area contributed by atoms with Crippen molar-refractivity contribution in [2.24, 2.45) is 10.2 Å². The minimum Gasteiger partial charge on any atom is -0.493 e. The number of rotatable bonds is 7. The summed E-state index contributed by atoms with van der Waals surface area (Å²) in [6.07, 6.45) is 1.16. The number of aliphatic carboxylic acids is 1. The molecule has 0 radical (unpaired) electrons. The summed E-state index contributed by atoms with van der Waals surface area (Å²) >= 11 is 4.44. The maximum atomic E-state index is 11.7. The first-order valence-electron chi connectivity index (χ1n) is 7.20. The van der Waals surface area contributed by atoms with Gasteiger partial charge < -0.3 is 24.6 Å². The van der Waals surface area contributed by atoms with Crippen molar-refractivity contribution < 1.29 is 28.9 Å². The van der Waals surface area contributed by atoms with Crippen LogP contribution < -0.4 is 19.5 Å². The zero-order chi connectivity index (χ0) is 19.3. The molecule has 0 bridgehead atoms. The van der Waals surface area contributed by atoms with Gasteiger partial charge in [0.15, 0.2) is 16.7 Å². The first-order chi connectivity index (χ1) is 12.4. The summed E-state index contributed by atoms with van der Waals surface area (Å²) < 4.78 is 16.5. The minimum absolute atomic E-state index is 0.237. The Morgan fingerprint density at radius 3 is 2.62 bits per heavy atom. The van der Waals surface area contributed by atoms with Crippen LogP contribution in [0.1, 0.15) is 12.0 Å². The number of carboxylic acids is 1. The highest BCUT2D eigenvalue weighted by Gasteiger charge is 2.32. The van der Waals surface area contributed by atoms with E-state index in [0.29, 0.717) is 27.3 Å². The van der Waals surface area contributed by atoms with Gasteiger partial charge in [-0.15, -0.1) is 5.10 Å². The van der Waals surface area contributed by atoms with E-state index in [1.165, 1.54) is 27.5 Å². The lowest BCUT2D eigenvalue weighted by Crippen LogP contribution is -2.26. The number of benzene rings is 1. The van der Waals surface area contributed by atoms with Crippen molar-refractivity contribution in [2.75, 3.05) is 21.3 Å². The van der Waals surface area contributed by atoms with Crippen LogP contribution in [0.5, 0.6) is 17.2 Å². The monoisotopic (exact) mass is 445 g/mol. The highest BCUT2D eigenvalue weighted by atomic mass is 79.9. The molecule has 1 aromatic rings. The lowest BCUT2D eigenvalue weighted by molar-refractivity contribution is -0.138. The number of carbonyl (C=O) groups is 2. The smallest absolute Gasteiger partial charge is 0.305 e. The maximum absolute atomic E-state index is 11.7. The van der Waals surface area contributed by atoms with Gasteiger partial charge in [-0.25, -0.2) is 0 Å². The van der Waals surface area contributed by atoms with Gasteiger partial charge in [0.2, 0.25) is 11.7 Å². The summed E-state index contributed by atoms with van der Waals surface area (Å²) in [4.78, 5) is 22.4. The van der Waals surface area contributed by atoms with E-state index in [1.54, 1.807) is 6.07 Å². The van der Waals surface area contributed by atoms with Gasteiger partial charge in [-0.05, 0) is 22.0 Å². The Labute approximate surface area is 161 Å². The van der Waals surface area contributed by atoms with E-state index in [-0.39, 0.29) is 11.6 Å². The zero-order valence-electron chi connectivity index (χ0n) is 14.1. The van der Waals surface area contributed by atoms with E-state index in [4.69, 9.17) is 19.3 Å². The van der Waals surface area contributed by atoms with Crippen LogP contribution in [-0.2, 0) is 9.59 Å². The van der Waals surface area contributed by atoms with Gasteiger partial charge in [0.1, 0.15) is 5.25 Å². The van der Waals surface area contributed by atoms with E-state index >= 15 is 0 Å². The maximum Gasteiger partial charge on any atom is 0.305 e. The highest BCUT2D eigenvalue weighted by molar-refractivity contribution is 9.10. The topological polar surface area (TPSA) is 119 Å². The quantitative estimate of drug-likeness (QED) is 0.485. The molecule has 0 aliphatic carbocycles. The molecule has 11 heteroatoms. The van der Waals surface area contributed by atoms with Crippen molar-refractivity contribution in [3.63, 3.8) is 0 Å². The molecule has 0 spiro atoms. The number of amides is 1. The van der Waals surface area contributed by atoms with Crippen LogP contribution in [-0.4, -0.2) is 54.9 Å². The van der Waals surface area contributed by atoms with Crippen molar-refractivity contribution >= 4 is 51.0 Å². The van der Waals surface area contributed by atoms with Gasteiger partial charge in [0, 0.05) is 5.56 Å². The number of hydrogen-bond donors (Lipinski definition) is 2. The molecule has 1 fully saturated rings. The van der Waals surface area contributed by atoms with Crippen LogP contribution >= 0.6 is 27.7 Å². The molecule has 2 N–H and O–H groups in total. The number of thioether (sulfide) groups is 1. The number of amidine groups is 1. The van der Waals surface area contributed by atoms with Crippen molar-refractivity contribution in [1.82, 2.24) is 5.32 Å². The molecule has 1 heterocycles. The van der Waals surface area contributed by atoms with Gasteiger partial charge in [0.05, 0.1) is 38.4 Å². The van der Waals surface area contributed by atoms with Crippen molar-refractivity contribution in [2.45, 2.75) is 11.7 Å². The summed E-state index contributed by atoms with van der Waals surface area (Å²) in [5.41, 5.74) is 0.611. The van der Waals surface area contributed by atoms with Gasteiger partial charge >= 0.3 is 5.97 Å². The standard InChI is InChI=1S/C15H16BrN3O6S/c1-23-8-4-7(11(16)13(25-3)12(8)24-2)6-17-19-15-18-14(22)9(26-15)5-10(20)21/h4,6,9H,5H2,1-3H3,(H,20,21)(H,18,19,22). The molecular weight excluding hydrogens is 430 g/mol. The second-order valence-corrected chi connectivity index (χ2v) is 6.88. The molecule has 1 aromatic carbocycles. The molecule has 1 saturated heterocycles. The Morgan fingerprint density at radius 1 is 1.35 bits per heavy atom. The van der Waals surface area contributed by atoms with Crippen molar-refractivity contribution in [1.29, 1.82) is 0 Å². The first kappa shape index (κ1) is 20.0. The van der Waals surface area contributed by atoms with Gasteiger partial charge in [-0.2, -0.15) is 5.10 Å². The van der Waals surface area contributed by atoms with Crippen LogP contribution in [0.2, 0.25) is 0 Å². The molecule has 0 saturated carbocycles. The summed E-state index contributed by atoms with van der Waals surface area (Å²) in [6.45, 7) is 0. The fourth-order valence-electron chi connectivity index (χ4n) is 2.12. The summed E-state index contributed by atoms with van der Waals surface area (Å²) in [5.74, 6) is -0.137. The van der Waals surface area contributed by atoms with E-state index in [9.17, 15) is 9.59 Å². The summed E-state index contributed by atoms with van der Waals surface area (Å²) in [6, 6.07) is 1.68. The fourth-order valence-corrected chi connectivity index (χ4v) is 3.60. The minimum atomic E-state index is -1.05. The van der Waals surface area contributed by atoms with E-state index in [2.05, 4.69) is 31.4 Å². The molecule has 1 aliphatic rings. The van der Waals surface area contributed by atoms with Crippen LogP contribution in [0, 0.1) is 0 Å². The van der Waals surface area contributed by atoms with Crippen LogP contribution in [0.3, 0.4) is 0 Å². The van der Waals surface area contributed by atoms with E-state index in [0.717, 1.165) is 11.8 Å². The van der Waals surface area contributed by atoms with E-state index in [1.807, 2.05) is 0 Å². The number of hydrogen-bond acceptors (Lipinski definition) is 8. The predicted octanol–water partition coefficient (Wildman–Crippen LogP) is 1.87. The molecule has 1 amide bonds. The van der Waals surface area contributed by atoms with Crippen LogP contribution in [0.15, 0.2) is 20.7 Å². The van der Waals surface area contributed by atoms with E-state index < -0.39 is 17.1 Å². The lowest BCUT2D eigenvalue weighted by atomic mass is 10.2. The SMILES string of the molecule is COc1cc(C=NN=C2NC(=O)C(CC(=O)O)S2)c(Br)c(OC)c1OC. The average Bonchev–Trinajstić information content (AvgIpc) is 2.94. The number of methoxy groups -OCH3 is 3. The molecule has 0 aromatic heterocycles. The molecule has 1 aliphatic heterocycles. The molecule has 1 unspecified atom stereocenters. The number of ether oxygens (including phenoxy) is 3. The second-order valence-electron chi connectivity index (χ2n) is 4.89. The number of halogens is 1. The van der Waals surface area contributed by atoms with Crippen molar-refractivity contribution in [3.8, 4) is 17.2 Å².